The molecule has 2 N–H and O–H groups in total. The number of hydrogen-bond acceptors (Lipinski definition) is 2. The van der Waals surface area contributed by atoms with E-state index in [0.717, 1.165) is 0 Å². The van der Waals surface area contributed by atoms with E-state index in [1.807, 2.05) is 0 Å². The smallest absolute Gasteiger partial charge is 0.319 e. The molecular formula is C14H20N2O2. The molecule has 0 saturated carbocycles. The van der Waals surface area contributed by atoms with Crippen LogP contribution >= 0.6 is 0 Å². The molecule has 0 bridgehead atoms. The maximum Gasteiger partial charge on any atom is 0.319 e. The summed E-state index contributed by atoms with van der Waals surface area (Å²) in [5, 5.41) is 5.51. The van der Waals surface area contributed by atoms with Gasteiger partial charge in [-0.3, -0.25) is 4.79 Å². The highest BCUT2D eigenvalue weighted by Crippen LogP contribution is 2.12. The number of benzene rings is 1. The third-order valence-electron chi connectivity index (χ3n) is 2.33. The van der Waals surface area contributed by atoms with Crippen LogP contribution in [0, 0.1) is 5.41 Å². The van der Waals surface area contributed by atoms with Crippen LogP contribution in [0.1, 0.15) is 38.1 Å². The van der Waals surface area contributed by atoms with Crippen molar-refractivity contribution < 1.29 is 9.59 Å². The molecule has 0 aliphatic heterocycles. The van der Waals surface area contributed by atoms with Gasteiger partial charge in [-0.15, -0.1) is 0 Å². The van der Waals surface area contributed by atoms with E-state index in [-0.39, 0.29) is 17.2 Å². The molecule has 0 aliphatic carbocycles. The number of amides is 2. The SMILES string of the molecule is CC(=O)c1ccc(NC(=O)NCC(C)(C)C)cc1. The second kappa shape index (κ2) is 5.67. The van der Waals surface area contributed by atoms with Crippen LogP contribution in [-0.4, -0.2) is 18.4 Å². The number of ketones is 1. The minimum absolute atomic E-state index is 0.0127. The minimum atomic E-state index is -0.236. The van der Waals surface area contributed by atoms with Crippen molar-refractivity contribution in [2.24, 2.45) is 5.41 Å². The van der Waals surface area contributed by atoms with Gasteiger partial charge in [0.1, 0.15) is 0 Å². The average molecular weight is 248 g/mol. The number of urea groups is 1. The molecule has 4 nitrogen and oxygen atoms in total. The second-order valence-electron chi connectivity index (χ2n) is 5.50. The largest absolute Gasteiger partial charge is 0.337 e. The molecule has 1 aromatic rings. The lowest BCUT2D eigenvalue weighted by molar-refractivity contribution is 0.101. The molecule has 0 saturated heterocycles. The van der Waals surface area contributed by atoms with Crippen molar-refractivity contribution in [2.45, 2.75) is 27.7 Å². The molecule has 2 amide bonds. The zero-order valence-corrected chi connectivity index (χ0v) is 11.3. The summed E-state index contributed by atoms with van der Waals surface area (Å²) in [6.07, 6.45) is 0. The Hall–Kier alpha value is -1.84. The van der Waals surface area contributed by atoms with E-state index < -0.39 is 0 Å². The van der Waals surface area contributed by atoms with Gasteiger partial charge in [0.2, 0.25) is 0 Å². The zero-order chi connectivity index (χ0) is 13.8. The van der Waals surface area contributed by atoms with Gasteiger partial charge in [-0.2, -0.15) is 0 Å². The zero-order valence-electron chi connectivity index (χ0n) is 11.3. The summed E-state index contributed by atoms with van der Waals surface area (Å²) in [5.74, 6) is 0.0127. The Bertz CT molecular complexity index is 430. The highest BCUT2D eigenvalue weighted by Gasteiger charge is 2.11. The van der Waals surface area contributed by atoms with Gasteiger partial charge in [-0.05, 0) is 36.6 Å². The summed E-state index contributed by atoms with van der Waals surface area (Å²) in [5.41, 5.74) is 1.36. The highest BCUT2D eigenvalue weighted by atomic mass is 16.2. The molecule has 0 aromatic heterocycles. The van der Waals surface area contributed by atoms with Gasteiger partial charge in [0.15, 0.2) is 5.78 Å². The van der Waals surface area contributed by atoms with Crippen molar-refractivity contribution in [1.29, 1.82) is 0 Å². The van der Waals surface area contributed by atoms with Crippen LogP contribution in [0.5, 0.6) is 0 Å². The maximum atomic E-state index is 11.6. The molecule has 98 valence electrons. The average Bonchev–Trinajstić information content (AvgIpc) is 2.26. The number of rotatable bonds is 3. The summed E-state index contributed by atoms with van der Waals surface area (Å²) >= 11 is 0. The summed E-state index contributed by atoms with van der Waals surface area (Å²) in [7, 11) is 0. The Kier molecular flexibility index (Phi) is 4.48. The van der Waals surface area contributed by atoms with Gasteiger partial charge < -0.3 is 10.6 Å². The Morgan fingerprint density at radius 3 is 2.11 bits per heavy atom. The molecule has 18 heavy (non-hydrogen) atoms. The lowest BCUT2D eigenvalue weighted by atomic mass is 9.97. The van der Waals surface area contributed by atoms with E-state index in [2.05, 4.69) is 31.4 Å². The second-order valence-corrected chi connectivity index (χ2v) is 5.50. The first-order chi connectivity index (χ1) is 8.28. The fourth-order valence-electron chi connectivity index (χ4n) is 1.31. The molecule has 0 fully saturated rings. The van der Waals surface area contributed by atoms with E-state index in [1.165, 1.54) is 6.92 Å². The monoisotopic (exact) mass is 248 g/mol. The van der Waals surface area contributed by atoms with Gasteiger partial charge in [-0.1, -0.05) is 20.8 Å². The molecule has 1 rings (SSSR count). The van der Waals surface area contributed by atoms with Gasteiger partial charge >= 0.3 is 6.03 Å². The van der Waals surface area contributed by atoms with Crippen LogP contribution in [0.15, 0.2) is 24.3 Å². The Morgan fingerprint density at radius 1 is 1.11 bits per heavy atom. The van der Waals surface area contributed by atoms with Crippen molar-refractivity contribution >= 4 is 17.5 Å². The van der Waals surface area contributed by atoms with Gasteiger partial charge in [0.25, 0.3) is 0 Å². The number of carbonyl (C=O) groups excluding carboxylic acids is 2. The molecular weight excluding hydrogens is 228 g/mol. The van der Waals surface area contributed by atoms with Crippen LogP contribution in [-0.2, 0) is 0 Å². The predicted octanol–water partition coefficient (Wildman–Crippen LogP) is 3.06. The highest BCUT2D eigenvalue weighted by molar-refractivity contribution is 5.95. The Morgan fingerprint density at radius 2 is 1.67 bits per heavy atom. The Balaban J connectivity index is 2.52. The molecule has 1 aromatic carbocycles. The molecule has 0 radical (unpaired) electrons. The van der Waals surface area contributed by atoms with Crippen LogP contribution in [0.4, 0.5) is 10.5 Å². The van der Waals surface area contributed by atoms with Crippen molar-refractivity contribution in [1.82, 2.24) is 5.32 Å². The molecule has 0 spiro atoms. The van der Waals surface area contributed by atoms with E-state index in [9.17, 15) is 9.59 Å². The third kappa shape index (κ3) is 4.99. The normalized spacial score (nSPS) is 10.9. The van der Waals surface area contributed by atoms with E-state index in [1.54, 1.807) is 24.3 Å². The van der Waals surface area contributed by atoms with Crippen molar-refractivity contribution in [2.75, 3.05) is 11.9 Å². The fourth-order valence-corrected chi connectivity index (χ4v) is 1.31. The minimum Gasteiger partial charge on any atom is -0.337 e. The molecule has 0 atom stereocenters. The topological polar surface area (TPSA) is 58.2 Å². The van der Waals surface area contributed by atoms with Gasteiger partial charge in [0.05, 0.1) is 0 Å². The Labute approximate surface area is 108 Å². The molecule has 4 heteroatoms. The predicted molar refractivity (Wildman–Crippen MR) is 72.9 cm³/mol. The third-order valence-corrected chi connectivity index (χ3v) is 2.33. The van der Waals surface area contributed by atoms with Crippen LogP contribution in [0.2, 0.25) is 0 Å². The standard InChI is InChI=1S/C14H20N2O2/c1-10(17)11-5-7-12(8-6-11)16-13(18)15-9-14(2,3)4/h5-8H,9H2,1-4H3,(H2,15,16,18). The lowest BCUT2D eigenvalue weighted by Gasteiger charge is -2.18. The fraction of sp³-hybridized carbons (Fsp3) is 0.429. The first-order valence-electron chi connectivity index (χ1n) is 5.94. The first kappa shape index (κ1) is 14.2. The number of anilines is 1. The van der Waals surface area contributed by atoms with Crippen LogP contribution in [0.25, 0.3) is 0 Å². The number of nitrogens with one attached hydrogen (secondary N) is 2. The van der Waals surface area contributed by atoms with Crippen LogP contribution in [0.3, 0.4) is 0 Å². The summed E-state index contributed by atoms with van der Waals surface area (Å²) in [6.45, 7) is 8.27. The van der Waals surface area contributed by atoms with Crippen molar-refractivity contribution in [3.63, 3.8) is 0 Å². The number of Topliss-reactive ketones (excluding diaryl/α,β-unsaturated/α-hetero) is 1. The first-order valence-corrected chi connectivity index (χ1v) is 5.94. The number of hydrogen-bond donors (Lipinski definition) is 2. The lowest BCUT2D eigenvalue weighted by Crippen LogP contribution is -2.35. The molecule has 0 heterocycles. The van der Waals surface area contributed by atoms with Gasteiger partial charge in [0, 0.05) is 17.8 Å². The quantitative estimate of drug-likeness (QED) is 0.808. The van der Waals surface area contributed by atoms with Crippen molar-refractivity contribution in [3.8, 4) is 0 Å². The van der Waals surface area contributed by atoms with Gasteiger partial charge in [-0.25, -0.2) is 4.79 Å². The summed E-state index contributed by atoms with van der Waals surface area (Å²) in [6, 6.07) is 6.59. The van der Waals surface area contributed by atoms with Crippen LogP contribution < -0.4 is 10.6 Å². The molecule has 0 unspecified atom stereocenters. The maximum absolute atomic E-state index is 11.6. The molecule has 0 aliphatic rings. The summed E-state index contributed by atoms with van der Waals surface area (Å²) < 4.78 is 0. The van der Waals surface area contributed by atoms with E-state index in [4.69, 9.17) is 0 Å². The van der Waals surface area contributed by atoms with E-state index >= 15 is 0 Å². The number of carbonyl (C=O) groups is 2. The van der Waals surface area contributed by atoms with E-state index in [0.29, 0.717) is 17.8 Å². The summed E-state index contributed by atoms with van der Waals surface area (Å²) in [4.78, 5) is 22.7. The van der Waals surface area contributed by atoms with Crippen molar-refractivity contribution in [3.05, 3.63) is 29.8 Å².